The summed E-state index contributed by atoms with van der Waals surface area (Å²) >= 11 is 0. The Kier molecular flexibility index (Phi) is 8.33. The second-order valence-corrected chi connectivity index (χ2v) is 11.0. The molecule has 0 aromatic heterocycles. The van der Waals surface area contributed by atoms with E-state index in [4.69, 9.17) is 4.74 Å². The Balaban J connectivity index is 1.78. The van der Waals surface area contributed by atoms with Crippen molar-refractivity contribution in [2.45, 2.75) is 57.6 Å². The van der Waals surface area contributed by atoms with E-state index in [1.165, 1.54) is 4.31 Å². The van der Waals surface area contributed by atoms with E-state index in [0.717, 1.165) is 30.6 Å². The molecule has 32 heavy (non-hydrogen) atoms. The Hall–Kier alpha value is -1.93. The summed E-state index contributed by atoms with van der Waals surface area (Å²) in [6.07, 6.45) is 1.35. The maximum atomic E-state index is 13.6. The summed E-state index contributed by atoms with van der Waals surface area (Å²) in [6, 6.07) is 12.7. The van der Waals surface area contributed by atoms with Crippen LogP contribution in [0.15, 0.2) is 47.4 Å². The van der Waals surface area contributed by atoms with Crippen molar-refractivity contribution in [2.24, 2.45) is 5.92 Å². The lowest BCUT2D eigenvalue weighted by Crippen LogP contribution is -2.39. The van der Waals surface area contributed by atoms with Crippen LogP contribution in [0.2, 0.25) is 0 Å². The van der Waals surface area contributed by atoms with Gasteiger partial charge in [-0.2, -0.15) is 0 Å². The van der Waals surface area contributed by atoms with Crippen LogP contribution < -0.4 is 9.62 Å². The molecule has 0 spiro atoms. The first kappa shape index (κ1) is 24.7. The van der Waals surface area contributed by atoms with Gasteiger partial charge in [-0.3, -0.25) is 4.31 Å². The number of benzene rings is 2. The molecular weight excluding hydrogens is 424 g/mol. The van der Waals surface area contributed by atoms with Crippen molar-refractivity contribution in [1.29, 1.82) is 0 Å². The third kappa shape index (κ3) is 6.10. The van der Waals surface area contributed by atoms with Gasteiger partial charge in [0.25, 0.3) is 10.0 Å². The summed E-state index contributed by atoms with van der Waals surface area (Å²) < 4.78 is 34.1. The van der Waals surface area contributed by atoms with Gasteiger partial charge in [0.1, 0.15) is 0 Å². The first-order valence-electron chi connectivity index (χ1n) is 11.4. The lowest BCUT2D eigenvalue weighted by Gasteiger charge is -2.28. The molecule has 6 nitrogen and oxygen atoms in total. The Morgan fingerprint density at radius 3 is 2.47 bits per heavy atom. The van der Waals surface area contributed by atoms with E-state index in [1.807, 2.05) is 45.9 Å². The molecule has 2 atom stereocenters. The maximum absolute atomic E-state index is 13.6. The molecule has 0 amide bonds. The Bertz CT molecular complexity index is 984. The van der Waals surface area contributed by atoms with Crippen molar-refractivity contribution < 1.29 is 18.3 Å². The number of aliphatic hydroxyl groups is 1. The molecule has 3 rings (SSSR count). The maximum Gasteiger partial charge on any atom is 0.264 e. The summed E-state index contributed by atoms with van der Waals surface area (Å²) in [5.41, 5.74) is 3.42. The van der Waals surface area contributed by atoms with Crippen LogP contribution in [-0.4, -0.2) is 45.9 Å². The smallest absolute Gasteiger partial charge is 0.264 e. The van der Waals surface area contributed by atoms with Gasteiger partial charge < -0.3 is 15.2 Å². The fourth-order valence-electron chi connectivity index (χ4n) is 4.03. The minimum Gasteiger partial charge on any atom is -0.387 e. The highest BCUT2D eigenvalue weighted by atomic mass is 32.2. The summed E-state index contributed by atoms with van der Waals surface area (Å²) in [7, 11) is -3.74. The van der Waals surface area contributed by atoms with Crippen LogP contribution in [0.3, 0.4) is 0 Å². The van der Waals surface area contributed by atoms with Crippen LogP contribution in [0.5, 0.6) is 0 Å². The summed E-state index contributed by atoms with van der Waals surface area (Å²) in [5.74, 6) is 0.168. The normalized spacial score (nSPS) is 18.0. The number of rotatable bonds is 9. The highest BCUT2D eigenvalue weighted by Gasteiger charge is 2.27. The Morgan fingerprint density at radius 2 is 1.88 bits per heavy atom. The molecule has 0 radical (unpaired) electrons. The topological polar surface area (TPSA) is 78.9 Å². The van der Waals surface area contributed by atoms with Crippen molar-refractivity contribution in [3.8, 4) is 0 Å². The van der Waals surface area contributed by atoms with Crippen LogP contribution in [-0.2, 0) is 14.8 Å². The number of ether oxygens (including phenoxy) is 1. The molecule has 2 aromatic carbocycles. The van der Waals surface area contributed by atoms with Gasteiger partial charge in [-0.15, -0.1) is 0 Å². The molecule has 1 saturated heterocycles. The largest absolute Gasteiger partial charge is 0.387 e. The fraction of sp³-hybridized carbons (Fsp3) is 0.520. The quantitative estimate of drug-likeness (QED) is 0.592. The zero-order valence-electron chi connectivity index (χ0n) is 19.5. The van der Waals surface area contributed by atoms with E-state index in [-0.39, 0.29) is 16.9 Å². The van der Waals surface area contributed by atoms with Crippen LogP contribution in [0.25, 0.3) is 0 Å². The molecule has 1 aliphatic heterocycles. The number of hydrogen-bond donors (Lipinski definition) is 2. The van der Waals surface area contributed by atoms with E-state index < -0.39 is 16.1 Å². The van der Waals surface area contributed by atoms with E-state index in [0.29, 0.717) is 30.9 Å². The standard InChI is InChI=1S/C25H36N2O4S/c1-18(2)16-27(24-12-7-19(3)14-20(24)4)32(29,30)23-10-8-21(9-11-23)25(28)15-26-22-6-5-13-31-17-22/h7-12,14,18,22,25-26,28H,5-6,13,15-17H2,1-4H3. The highest BCUT2D eigenvalue weighted by molar-refractivity contribution is 7.92. The molecular formula is C25H36N2O4S. The molecule has 1 heterocycles. The molecule has 2 unspecified atom stereocenters. The van der Waals surface area contributed by atoms with Crippen LogP contribution in [0.4, 0.5) is 5.69 Å². The number of anilines is 1. The van der Waals surface area contributed by atoms with Crippen LogP contribution in [0.1, 0.15) is 49.5 Å². The minimum atomic E-state index is -3.74. The molecule has 2 aromatic rings. The average molecular weight is 461 g/mol. The second kappa shape index (κ2) is 10.8. The van der Waals surface area contributed by atoms with Gasteiger partial charge in [0.2, 0.25) is 0 Å². The minimum absolute atomic E-state index is 0.168. The van der Waals surface area contributed by atoms with Crippen LogP contribution >= 0.6 is 0 Å². The predicted octanol–water partition coefficient (Wildman–Crippen LogP) is 3.96. The molecule has 0 saturated carbocycles. The number of aryl methyl sites for hydroxylation is 2. The number of hydrogen-bond acceptors (Lipinski definition) is 5. The Morgan fingerprint density at radius 1 is 1.16 bits per heavy atom. The number of nitrogens with zero attached hydrogens (tertiary/aromatic N) is 1. The zero-order chi connectivity index (χ0) is 23.3. The molecule has 1 aliphatic rings. The first-order valence-corrected chi connectivity index (χ1v) is 12.8. The monoisotopic (exact) mass is 460 g/mol. The molecule has 0 aliphatic carbocycles. The number of nitrogens with one attached hydrogen (secondary N) is 1. The third-order valence-electron chi connectivity index (χ3n) is 5.77. The molecule has 7 heteroatoms. The van der Waals surface area contributed by atoms with Gasteiger partial charge >= 0.3 is 0 Å². The van der Waals surface area contributed by atoms with Crippen molar-refractivity contribution in [3.63, 3.8) is 0 Å². The van der Waals surface area contributed by atoms with Gasteiger partial charge in [0, 0.05) is 25.7 Å². The molecule has 0 bridgehead atoms. The van der Waals surface area contributed by atoms with Gasteiger partial charge in [-0.05, 0) is 61.9 Å². The second-order valence-electron chi connectivity index (χ2n) is 9.13. The predicted molar refractivity (Wildman–Crippen MR) is 129 cm³/mol. The van der Waals surface area contributed by atoms with Gasteiger partial charge in [-0.25, -0.2) is 8.42 Å². The number of sulfonamides is 1. The Labute approximate surface area is 192 Å². The lowest BCUT2D eigenvalue weighted by atomic mass is 10.1. The third-order valence-corrected chi connectivity index (χ3v) is 7.56. The number of aliphatic hydroxyl groups excluding tert-OH is 1. The van der Waals surface area contributed by atoms with E-state index in [1.54, 1.807) is 24.3 Å². The molecule has 2 N–H and O–H groups in total. The molecule has 1 fully saturated rings. The van der Waals surface area contributed by atoms with Gasteiger partial charge in [-0.1, -0.05) is 43.7 Å². The van der Waals surface area contributed by atoms with Crippen LogP contribution in [0, 0.1) is 19.8 Å². The van der Waals surface area contributed by atoms with Gasteiger partial charge in [0.15, 0.2) is 0 Å². The van der Waals surface area contributed by atoms with Gasteiger partial charge in [0.05, 0.1) is 23.3 Å². The van der Waals surface area contributed by atoms with Crippen molar-refractivity contribution in [2.75, 3.05) is 30.6 Å². The first-order chi connectivity index (χ1) is 15.2. The lowest BCUT2D eigenvalue weighted by molar-refractivity contribution is 0.0639. The fourth-order valence-corrected chi connectivity index (χ4v) is 5.72. The van der Waals surface area contributed by atoms with Crippen molar-refractivity contribution >= 4 is 15.7 Å². The SMILES string of the molecule is Cc1ccc(N(CC(C)C)S(=O)(=O)c2ccc(C(O)CNC3CCCOC3)cc2)c(C)c1. The van der Waals surface area contributed by atoms with Crippen molar-refractivity contribution in [1.82, 2.24) is 5.32 Å². The highest BCUT2D eigenvalue weighted by Crippen LogP contribution is 2.29. The zero-order valence-corrected chi connectivity index (χ0v) is 20.4. The summed E-state index contributed by atoms with van der Waals surface area (Å²) in [6.45, 7) is 10.2. The van der Waals surface area contributed by atoms with Crippen molar-refractivity contribution in [3.05, 3.63) is 59.2 Å². The van der Waals surface area contributed by atoms with E-state index >= 15 is 0 Å². The van der Waals surface area contributed by atoms with E-state index in [2.05, 4.69) is 5.32 Å². The summed E-state index contributed by atoms with van der Waals surface area (Å²) in [5, 5.41) is 13.9. The average Bonchev–Trinajstić information content (AvgIpc) is 2.77. The molecule has 176 valence electrons. The summed E-state index contributed by atoms with van der Waals surface area (Å²) in [4.78, 5) is 0.225. The van der Waals surface area contributed by atoms with E-state index in [9.17, 15) is 13.5 Å².